The Morgan fingerprint density at radius 1 is 0.309 bits per heavy atom. The third-order valence-corrected chi connectivity index (χ3v) is 12.8. The zero-order chi connectivity index (χ0) is 49.3. The van der Waals surface area contributed by atoms with Crippen LogP contribution >= 0.6 is 0 Å². The van der Waals surface area contributed by atoms with E-state index in [-0.39, 0.29) is 31.1 Å². The van der Waals surface area contributed by atoms with Gasteiger partial charge in [0.2, 0.25) is 0 Å². The second-order valence-electron chi connectivity index (χ2n) is 19.5. The van der Waals surface area contributed by atoms with Crippen molar-refractivity contribution in [2.75, 3.05) is 13.2 Å². The SMILES string of the molecule is CC/C=C\C/C=C\C/C=C\C/C=C\C/C=C\CCCCCCCCCCCC(=O)OCC(COC(=O)CCCCCCCCCCCC)OC(=O)CCCCCCCCCCCCCCCCC. The maximum absolute atomic E-state index is 12.8. The van der Waals surface area contributed by atoms with Gasteiger partial charge in [-0.15, -0.1) is 0 Å². The lowest BCUT2D eigenvalue weighted by atomic mass is 10.0. The lowest BCUT2D eigenvalue weighted by Gasteiger charge is -2.18. The maximum atomic E-state index is 12.8. The van der Waals surface area contributed by atoms with Gasteiger partial charge in [0.05, 0.1) is 0 Å². The third kappa shape index (κ3) is 54.1. The van der Waals surface area contributed by atoms with Crippen LogP contribution in [-0.2, 0) is 28.6 Å². The molecule has 0 rings (SSSR count). The van der Waals surface area contributed by atoms with E-state index in [0.717, 1.165) is 96.3 Å². The first-order chi connectivity index (χ1) is 33.5. The number of rotatable bonds is 53. The van der Waals surface area contributed by atoms with Crippen LogP contribution in [0.2, 0.25) is 0 Å². The standard InChI is InChI=1S/C62H110O6/c1-4-7-10-13-16-19-22-24-26-27-28-29-30-31-32-33-34-35-37-38-40-43-46-49-52-55-61(64)67-58-59(57-66-60(63)54-51-48-45-42-21-18-15-12-9-6-3)68-62(65)56-53-50-47-44-41-39-36-25-23-20-17-14-11-8-5-2/h7,10,16,19,24,26,28-29,31-32,59H,4-6,8-9,11-15,17-18,20-23,25,27,30,33-58H2,1-3H3/b10-7-,19-16-,26-24-,29-28-,32-31-. The molecule has 68 heavy (non-hydrogen) atoms. The summed E-state index contributed by atoms with van der Waals surface area (Å²) >= 11 is 0. The van der Waals surface area contributed by atoms with Gasteiger partial charge in [0.15, 0.2) is 6.10 Å². The highest BCUT2D eigenvalue weighted by Gasteiger charge is 2.19. The second kappa shape index (κ2) is 56.7. The number of ether oxygens (including phenoxy) is 3. The molecule has 0 bridgehead atoms. The molecule has 0 N–H and O–H groups in total. The van der Waals surface area contributed by atoms with Gasteiger partial charge in [-0.3, -0.25) is 14.4 Å². The molecule has 6 nitrogen and oxygen atoms in total. The van der Waals surface area contributed by atoms with E-state index in [4.69, 9.17) is 14.2 Å². The average Bonchev–Trinajstić information content (AvgIpc) is 3.34. The molecule has 1 unspecified atom stereocenters. The molecule has 0 aromatic heterocycles. The van der Waals surface area contributed by atoms with Gasteiger partial charge in [0, 0.05) is 19.3 Å². The van der Waals surface area contributed by atoms with E-state index >= 15 is 0 Å². The predicted octanol–water partition coefficient (Wildman–Crippen LogP) is 19.6. The van der Waals surface area contributed by atoms with E-state index in [9.17, 15) is 14.4 Å². The van der Waals surface area contributed by atoms with Crippen LogP contribution < -0.4 is 0 Å². The Labute approximate surface area is 421 Å². The van der Waals surface area contributed by atoms with Crippen molar-refractivity contribution >= 4 is 17.9 Å². The molecule has 0 aliphatic carbocycles. The Hall–Kier alpha value is -2.89. The van der Waals surface area contributed by atoms with Crippen LogP contribution in [-0.4, -0.2) is 37.2 Å². The predicted molar refractivity (Wildman–Crippen MR) is 293 cm³/mol. The Bertz CT molecular complexity index is 1230. The molecule has 1 atom stereocenters. The molecule has 0 amide bonds. The van der Waals surface area contributed by atoms with E-state index < -0.39 is 6.10 Å². The van der Waals surface area contributed by atoms with Crippen molar-refractivity contribution in [1.82, 2.24) is 0 Å². The van der Waals surface area contributed by atoms with Crippen molar-refractivity contribution < 1.29 is 28.6 Å². The zero-order valence-electron chi connectivity index (χ0n) is 45.1. The normalized spacial score (nSPS) is 12.5. The quantitative estimate of drug-likeness (QED) is 0.0262. The highest BCUT2D eigenvalue weighted by atomic mass is 16.6. The average molecular weight is 952 g/mol. The summed E-state index contributed by atoms with van der Waals surface area (Å²) in [6.45, 7) is 6.54. The smallest absolute Gasteiger partial charge is 0.306 e. The van der Waals surface area contributed by atoms with Gasteiger partial charge in [0.1, 0.15) is 13.2 Å². The molecule has 0 saturated carbocycles. The number of carbonyl (C=O) groups is 3. The summed E-state index contributed by atoms with van der Waals surface area (Å²) in [5.41, 5.74) is 0. The molecule has 0 fully saturated rings. The summed E-state index contributed by atoms with van der Waals surface area (Å²) in [4.78, 5) is 38.1. The second-order valence-corrected chi connectivity index (χ2v) is 19.5. The van der Waals surface area contributed by atoms with Crippen molar-refractivity contribution in [2.24, 2.45) is 0 Å². The Kier molecular flexibility index (Phi) is 54.3. The van der Waals surface area contributed by atoms with Crippen molar-refractivity contribution in [3.05, 3.63) is 60.8 Å². The first-order valence-corrected chi connectivity index (χ1v) is 29.3. The number of hydrogen-bond acceptors (Lipinski definition) is 6. The molecule has 394 valence electrons. The molecule has 0 aromatic carbocycles. The number of allylic oxidation sites excluding steroid dienone is 10. The maximum Gasteiger partial charge on any atom is 0.306 e. The minimum Gasteiger partial charge on any atom is -0.462 e. The van der Waals surface area contributed by atoms with E-state index in [0.29, 0.717) is 19.3 Å². The van der Waals surface area contributed by atoms with Gasteiger partial charge in [-0.25, -0.2) is 0 Å². The molecule has 0 heterocycles. The number of unbranched alkanes of at least 4 members (excludes halogenated alkanes) is 32. The Morgan fingerprint density at radius 3 is 0.897 bits per heavy atom. The monoisotopic (exact) mass is 951 g/mol. The lowest BCUT2D eigenvalue weighted by molar-refractivity contribution is -0.167. The van der Waals surface area contributed by atoms with E-state index in [1.165, 1.54) is 161 Å². The topological polar surface area (TPSA) is 78.9 Å². The highest BCUT2D eigenvalue weighted by molar-refractivity contribution is 5.71. The minimum absolute atomic E-state index is 0.0716. The molecular weight excluding hydrogens is 841 g/mol. The van der Waals surface area contributed by atoms with Crippen LogP contribution in [0.3, 0.4) is 0 Å². The molecule has 6 heteroatoms. The summed E-state index contributed by atoms with van der Waals surface area (Å²) in [5, 5.41) is 0. The number of esters is 3. The number of hydrogen-bond donors (Lipinski definition) is 0. The largest absolute Gasteiger partial charge is 0.462 e. The van der Waals surface area contributed by atoms with Gasteiger partial charge in [-0.2, -0.15) is 0 Å². The molecule has 0 spiro atoms. The fourth-order valence-corrected chi connectivity index (χ4v) is 8.41. The summed E-state index contributed by atoms with van der Waals surface area (Å²) in [7, 11) is 0. The minimum atomic E-state index is -0.772. The summed E-state index contributed by atoms with van der Waals surface area (Å²) in [6, 6.07) is 0. The van der Waals surface area contributed by atoms with E-state index in [2.05, 4.69) is 81.5 Å². The summed E-state index contributed by atoms with van der Waals surface area (Å²) in [5.74, 6) is -0.866. The van der Waals surface area contributed by atoms with Crippen molar-refractivity contribution in [3.8, 4) is 0 Å². The molecule has 0 aliphatic rings. The fraction of sp³-hybridized carbons (Fsp3) is 0.790. The van der Waals surface area contributed by atoms with Gasteiger partial charge >= 0.3 is 17.9 Å². The van der Waals surface area contributed by atoms with Crippen LogP contribution in [0, 0.1) is 0 Å². The molecule has 0 aromatic rings. The van der Waals surface area contributed by atoms with E-state index in [1.807, 2.05) is 0 Å². The number of carbonyl (C=O) groups excluding carboxylic acids is 3. The van der Waals surface area contributed by atoms with Gasteiger partial charge < -0.3 is 14.2 Å². The third-order valence-electron chi connectivity index (χ3n) is 12.8. The summed E-state index contributed by atoms with van der Waals surface area (Å²) < 4.78 is 16.9. The van der Waals surface area contributed by atoms with Crippen LogP contribution in [0.1, 0.15) is 297 Å². The van der Waals surface area contributed by atoms with Crippen LogP contribution in [0.4, 0.5) is 0 Å². The fourth-order valence-electron chi connectivity index (χ4n) is 8.41. The lowest BCUT2D eigenvalue weighted by Crippen LogP contribution is -2.30. The van der Waals surface area contributed by atoms with Crippen molar-refractivity contribution in [3.63, 3.8) is 0 Å². The Balaban J connectivity index is 4.24. The van der Waals surface area contributed by atoms with Crippen LogP contribution in [0.25, 0.3) is 0 Å². The molecule has 0 radical (unpaired) electrons. The van der Waals surface area contributed by atoms with Crippen molar-refractivity contribution in [1.29, 1.82) is 0 Å². The molecule has 0 aliphatic heterocycles. The highest BCUT2D eigenvalue weighted by Crippen LogP contribution is 2.16. The zero-order valence-corrected chi connectivity index (χ0v) is 45.1. The van der Waals surface area contributed by atoms with Crippen molar-refractivity contribution in [2.45, 2.75) is 303 Å². The van der Waals surface area contributed by atoms with Gasteiger partial charge in [-0.1, -0.05) is 274 Å². The molecular formula is C62H110O6. The van der Waals surface area contributed by atoms with Crippen LogP contribution in [0.5, 0.6) is 0 Å². The Morgan fingerprint density at radius 2 is 0.574 bits per heavy atom. The first-order valence-electron chi connectivity index (χ1n) is 29.3. The van der Waals surface area contributed by atoms with Crippen LogP contribution in [0.15, 0.2) is 60.8 Å². The molecule has 0 saturated heterocycles. The van der Waals surface area contributed by atoms with E-state index in [1.54, 1.807) is 0 Å². The first kappa shape index (κ1) is 65.1. The van der Waals surface area contributed by atoms with Gasteiger partial charge in [-0.05, 0) is 64.2 Å². The van der Waals surface area contributed by atoms with Gasteiger partial charge in [0.25, 0.3) is 0 Å². The summed E-state index contributed by atoms with van der Waals surface area (Å²) in [6.07, 6.45) is 70.7.